The molecule has 0 saturated heterocycles. The molecule has 0 saturated carbocycles. The molecular formula is C21H29N3O3. The fourth-order valence-electron chi connectivity index (χ4n) is 2.62. The summed E-state index contributed by atoms with van der Waals surface area (Å²) in [4.78, 5) is 16.5. The standard InChI is InChI=1S/C21H29N3O3/c1-15(2)7-10-24-21(25)17-9-12-23-20(14-17)22-11-8-16-5-6-18(26-3)19(13-16)27-4/h5-6,9,12-15H,7-8,10-11H2,1-4H3,(H,22,23)(H,24,25). The van der Waals surface area contributed by atoms with E-state index in [4.69, 9.17) is 9.47 Å². The first-order valence-corrected chi connectivity index (χ1v) is 9.22. The smallest absolute Gasteiger partial charge is 0.251 e. The second kappa shape index (κ2) is 10.4. The molecule has 1 aromatic heterocycles. The normalized spacial score (nSPS) is 10.6. The summed E-state index contributed by atoms with van der Waals surface area (Å²) >= 11 is 0. The van der Waals surface area contributed by atoms with E-state index in [1.54, 1.807) is 32.5 Å². The summed E-state index contributed by atoms with van der Waals surface area (Å²) in [5, 5.41) is 6.21. The fraction of sp³-hybridized carbons (Fsp3) is 0.429. The summed E-state index contributed by atoms with van der Waals surface area (Å²) < 4.78 is 10.6. The van der Waals surface area contributed by atoms with E-state index in [1.807, 2.05) is 18.2 Å². The Bertz CT molecular complexity index is 747. The zero-order chi connectivity index (χ0) is 19.6. The number of ether oxygens (including phenoxy) is 2. The molecule has 0 bridgehead atoms. The van der Waals surface area contributed by atoms with Crippen LogP contribution >= 0.6 is 0 Å². The Morgan fingerprint density at radius 1 is 1.07 bits per heavy atom. The molecule has 2 aromatic rings. The van der Waals surface area contributed by atoms with Crippen molar-refractivity contribution in [1.29, 1.82) is 0 Å². The third-order valence-corrected chi connectivity index (χ3v) is 4.20. The van der Waals surface area contributed by atoms with Gasteiger partial charge in [-0.05, 0) is 48.6 Å². The van der Waals surface area contributed by atoms with Crippen LogP contribution in [0.25, 0.3) is 0 Å². The number of aromatic nitrogens is 1. The summed E-state index contributed by atoms with van der Waals surface area (Å²) in [5.74, 6) is 2.62. The van der Waals surface area contributed by atoms with Crippen molar-refractivity contribution in [3.8, 4) is 11.5 Å². The quantitative estimate of drug-likeness (QED) is 0.668. The van der Waals surface area contributed by atoms with E-state index in [0.29, 0.717) is 41.9 Å². The van der Waals surface area contributed by atoms with Crippen LogP contribution in [-0.4, -0.2) is 38.2 Å². The number of amides is 1. The van der Waals surface area contributed by atoms with Crippen molar-refractivity contribution < 1.29 is 14.3 Å². The van der Waals surface area contributed by atoms with Crippen molar-refractivity contribution in [3.63, 3.8) is 0 Å². The summed E-state index contributed by atoms with van der Waals surface area (Å²) in [6.45, 7) is 5.65. The van der Waals surface area contributed by atoms with Gasteiger partial charge in [-0.1, -0.05) is 19.9 Å². The molecule has 0 aliphatic rings. The van der Waals surface area contributed by atoms with E-state index >= 15 is 0 Å². The van der Waals surface area contributed by atoms with Crippen LogP contribution in [0.1, 0.15) is 36.2 Å². The van der Waals surface area contributed by atoms with Gasteiger partial charge in [-0.2, -0.15) is 0 Å². The summed E-state index contributed by atoms with van der Waals surface area (Å²) in [6.07, 6.45) is 3.41. The Morgan fingerprint density at radius 2 is 1.85 bits per heavy atom. The molecule has 0 unspecified atom stereocenters. The van der Waals surface area contributed by atoms with Crippen molar-refractivity contribution in [2.45, 2.75) is 26.7 Å². The molecule has 2 N–H and O–H groups in total. The lowest BCUT2D eigenvalue weighted by molar-refractivity contribution is 0.0952. The highest BCUT2D eigenvalue weighted by Gasteiger charge is 2.08. The number of nitrogens with one attached hydrogen (secondary N) is 2. The summed E-state index contributed by atoms with van der Waals surface area (Å²) in [7, 11) is 3.25. The molecule has 27 heavy (non-hydrogen) atoms. The summed E-state index contributed by atoms with van der Waals surface area (Å²) in [5.41, 5.74) is 1.74. The number of hydrogen-bond donors (Lipinski definition) is 2. The van der Waals surface area contributed by atoms with Crippen LogP contribution in [0.5, 0.6) is 11.5 Å². The number of nitrogens with zero attached hydrogens (tertiary/aromatic N) is 1. The number of carbonyl (C=O) groups excluding carboxylic acids is 1. The number of pyridine rings is 1. The number of anilines is 1. The monoisotopic (exact) mass is 371 g/mol. The van der Waals surface area contributed by atoms with Crippen molar-refractivity contribution in [2.75, 3.05) is 32.6 Å². The minimum absolute atomic E-state index is 0.0685. The Kier molecular flexibility index (Phi) is 7.92. The Labute approximate surface area is 161 Å². The lowest BCUT2D eigenvalue weighted by atomic mass is 10.1. The molecular weight excluding hydrogens is 342 g/mol. The zero-order valence-electron chi connectivity index (χ0n) is 16.5. The summed E-state index contributed by atoms with van der Waals surface area (Å²) in [6, 6.07) is 9.37. The predicted octanol–water partition coefficient (Wildman–Crippen LogP) is 3.53. The van der Waals surface area contributed by atoms with Crippen molar-refractivity contribution in [3.05, 3.63) is 47.7 Å². The highest BCUT2D eigenvalue weighted by atomic mass is 16.5. The first kappa shape index (κ1) is 20.6. The number of carbonyl (C=O) groups is 1. The Morgan fingerprint density at radius 3 is 2.56 bits per heavy atom. The first-order valence-electron chi connectivity index (χ1n) is 9.22. The van der Waals surface area contributed by atoms with E-state index in [-0.39, 0.29) is 5.91 Å². The van der Waals surface area contributed by atoms with Crippen LogP contribution < -0.4 is 20.1 Å². The van der Waals surface area contributed by atoms with Gasteiger partial charge in [-0.3, -0.25) is 4.79 Å². The maximum Gasteiger partial charge on any atom is 0.251 e. The predicted molar refractivity (Wildman–Crippen MR) is 108 cm³/mol. The third-order valence-electron chi connectivity index (χ3n) is 4.20. The molecule has 1 amide bonds. The highest BCUT2D eigenvalue weighted by Crippen LogP contribution is 2.27. The minimum atomic E-state index is -0.0685. The lowest BCUT2D eigenvalue weighted by Crippen LogP contribution is -2.25. The van der Waals surface area contributed by atoms with Gasteiger partial charge in [0.2, 0.25) is 0 Å². The topological polar surface area (TPSA) is 72.5 Å². The molecule has 6 nitrogen and oxygen atoms in total. The number of rotatable bonds is 10. The zero-order valence-corrected chi connectivity index (χ0v) is 16.5. The molecule has 2 rings (SSSR count). The van der Waals surface area contributed by atoms with Gasteiger partial charge >= 0.3 is 0 Å². The Balaban J connectivity index is 1.88. The van der Waals surface area contributed by atoms with Crippen LogP contribution in [-0.2, 0) is 6.42 Å². The molecule has 0 aliphatic carbocycles. The molecule has 0 aliphatic heterocycles. The average molecular weight is 371 g/mol. The van der Waals surface area contributed by atoms with Gasteiger partial charge in [0.05, 0.1) is 14.2 Å². The molecule has 0 atom stereocenters. The van der Waals surface area contributed by atoms with Crippen LogP contribution in [0.15, 0.2) is 36.5 Å². The van der Waals surface area contributed by atoms with Gasteiger partial charge in [-0.15, -0.1) is 0 Å². The van der Waals surface area contributed by atoms with Crippen LogP contribution in [0.2, 0.25) is 0 Å². The largest absolute Gasteiger partial charge is 0.493 e. The fourth-order valence-corrected chi connectivity index (χ4v) is 2.62. The van der Waals surface area contributed by atoms with Crippen LogP contribution in [0, 0.1) is 5.92 Å². The Hall–Kier alpha value is -2.76. The molecule has 0 spiro atoms. The maximum atomic E-state index is 12.2. The molecule has 0 radical (unpaired) electrons. The van der Waals surface area contributed by atoms with Gasteiger partial charge in [0.1, 0.15) is 5.82 Å². The molecule has 146 valence electrons. The molecule has 6 heteroatoms. The second-order valence-electron chi connectivity index (χ2n) is 6.73. The van der Waals surface area contributed by atoms with Crippen molar-refractivity contribution in [2.24, 2.45) is 5.92 Å². The second-order valence-corrected chi connectivity index (χ2v) is 6.73. The highest BCUT2D eigenvalue weighted by molar-refractivity contribution is 5.94. The molecule has 1 aromatic carbocycles. The van der Waals surface area contributed by atoms with Gasteiger partial charge < -0.3 is 20.1 Å². The maximum absolute atomic E-state index is 12.2. The van der Waals surface area contributed by atoms with Gasteiger partial charge in [0, 0.05) is 24.8 Å². The first-order chi connectivity index (χ1) is 13.0. The minimum Gasteiger partial charge on any atom is -0.493 e. The van der Waals surface area contributed by atoms with Gasteiger partial charge in [-0.25, -0.2) is 4.98 Å². The van der Waals surface area contributed by atoms with Gasteiger partial charge in [0.25, 0.3) is 5.91 Å². The number of methoxy groups -OCH3 is 2. The van der Waals surface area contributed by atoms with Crippen molar-refractivity contribution >= 4 is 11.7 Å². The molecule has 1 heterocycles. The average Bonchev–Trinajstić information content (AvgIpc) is 2.67. The third kappa shape index (κ3) is 6.47. The van der Waals surface area contributed by atoms with E-state index < -0.39 is 0 Å². The van der Waals surface area contributed by atoms with Crippen molar-refractivity contribution in [1.82, 2.24) is 10.3 Å². The van der Waals surface area contributed by atoms with Crippen LogP contribution in [0.4, 0.5) is 5.82 Å². The lowest BCUT2D eigenvalue weighted by Gasteiger charge is -2.11. The van der Waals surface area contributed by atoms with Crippen LogP contribution in [0.3, 0.4) is 0 Å². The molecule has 0 fully saturated rings. The SMILES string of the molecule is COc1ccc(CCNc2cc(C(=O)NCCC(C)C)ccn2)cc1OC. The van der Waals surface area contributed by atoms with E-state index in [1.165, 1.54) is 0 Å². The number of benzene rings is 1. The van der Waals surface area contributed by atoms with E-state index in [9.17, 15) is 4.79 Å². The van der Waals surface area contributed by atoms with Gasteiger partial charge in [0.15, 0.2) is 11.5 Å². The van der Waals surface area contributed by atoms with E-state index in [2.05, 4.69) is 29.5 Å². The number of hydrogen-bond acceptors (Lipinski definition) is 5. The van der Waals surface area contributed by atoms with E-state index in [0.717, 1.165) is 18.4 Å².